The van der Waals surface area contributed by atoms with Gasteiger partial charge in [-0.2, -0.15) is 0 Å². The molecular formula is C21H29IN4O2. The van der Waals surface area contributed by atoms with E-state index in [1.165, 1.54) is 0 Å². The van der Waals surface area contributed by atoms with Crippen molar-refractivity contribution in [3.05, 3.63) is 65.7 Å². The maximum Gasteiger partial charge on any atom is 0.241 e. The zero-order valence-electron chi connectivity index (χ0n) is 16.6. The summed E-state index contributed by atoms with van der Waals surface area (Å²) in [5, 5.41) is 6.23. The first kappa shape index (κ1) is 23.7. The molecule has 0 fully saturated rings. The van der Waals surface area contributed by atoms with Gasteiger partial charge in [-0.15, -0.1) is 24.0 Å². The van der Waals surface area contributed by atoms with Gasteiger partial charge in [0, 0.05) is 20.6 Å². The molecule has 0 saturated heterocycles. The third-order valence-corrected chi connectivity index (χ3v) is 3.91. The van der Waals surface area contributed by atoms with Gasteiger partial charge in [-0.3, -0.25) is 4.79 Å². The van der Waals surface area contributed by atoms with E-state index < -0.39 is 0 Å². The van der Waals surface area contributed by atoms with Gasteiger partial charge in [-0.1, -0.05) is 42.5 Å². The summed E-state index contributed by atoms with van der Waals surface area (Å²) in [6.07, 6.45) is 0. The lowest BCUT2D eigenvalue weighted by atomic mass is 10.1. The second-order valence-electron chi connectivity index (χ2n) is 6.21. The van der Waals surface area contributed by atoms with Crippen LogP contribution in [0.25, 0.3) is 0 Å². The maximum absolute atomic E-state index is 11.8. The van der Waals surface area contributed by atoms with Crippen molar-refractivity contribution in [3.63, 3.8) is 0 Å². The fourth-order valence-corrected chi connectivity index (χ4v) is 2.35. The zero-order chi connectivity index (χ0) is 19.5. The summed E-state index contributed by atoms with van der Waals surface area (Å²) < 4.78 is 5.86. The van der Waals surface area contributed by atoms with E-state index in [9.17, 15) is 4.79 Å². The minimum absolute atomic E-state index is 0. The number of hydrogen-bond acceptors (Lipinski definition) is 3. The first-order valence-electron chi connectivity index (χ1n) is 9.07. The average Bonchev–Trinajstić information content (AvgIpc) is 2.69. The quantitative estimate of drug-likeness (QED) is 0.335. The van der Waals surface area contributed by atoms with E-state index in [1.807, 2.05) is 61.5 Å². The molecule has 0 radical (unpaired) electrons. The van der Waals surface area contributed by atoms with Crippen LogP contribution in [0.2, 0.25) is 0 Å². The number of para-hydroxylation sites is 1. The molecule has 0 aliphatic heterocycles. The van der Waals surface area contributed by atoms with Crippen LogP contribution in [0.3, 0.4) is 0 Å². The summed E-state index contributed by atoms with van der Waals surface area (Å²) in [6.45, 7) is 3.91. The number of halogens is 1. The van der Waals surface area contributed by atoms with E-state index in [4.69, 9.17) is 4.74 Å². The number of carbonyl (C=O) groups excluding carboxylic acids is 1. The molecule has 152 valence electrons. The second kappa shape index (κ2) is 13.0. The van der Waals surface area contributed by atoms with Crippen LogP contribution in [0, 0.1) is 0 Å². The van der Waals surface area contributed by atoms with Crippen molar-refractivity contribution in [1.29, 1.82) is 0 Å². The Morgan fingerprint density at radius 3 is 2.29 bits per heavy atom. The van der Waals surface area contributed by atoms with Crippen LogP contribution in [0.15, 0.2) is 59.6 Å². The lowest BCUT2D eigenvalue weighted by molar-refractivity contribution is -0.127. The Balaban J connectivity index is 0.00000392. The summed E-state index contributed by atoms with van der Waals surface area (Å²) in [6, 6.07) is 17.8. The molecule has 0 bridgehead atoms. The molecule has 2 rings (SSSR count). The van der Waals surface area contributed by atoms with Gasteiger partial charge in [0.1, 0.15) is 12.4 Å². The Kier molecular flexibility index (Phi) is 11.0. The zero-order valence-corrected chi connectivity index (χ0v) is 19.0. The number of likely N-dealkylation sites (N-methyl/N-ethyl adjacent to an activating group) is 1. The van der Waals surface area contributed by atoms with Crippen molar-refractivity contribution >= 4 is 35.8 Å². The number of nitrogens with one attached hydrogen (secondary N) is 2. The number of rotatable bonds is 8. The van der Waals surface area contributed by atoms with Gasteiger partial charge in [0.15, 0.2) is 5.96 Å². The Morgan fingerprint density at radius 1 is 1.00 bits per heavy atom. The molecular weight excluding hydrogens is 467 g/mol. The van der Waals surface area contributed by atoms with Crippen LogP contribution >= 0.6 is 24.0 Å². The van der Waals surface area contributed by atoms with Crippen LogP contribution in [0.1, 0.15) is 18.1 Å². The molecule has 2 aromatic carbocycles. The molecule has 0 saturated carbocycles. The molecule has 0 heterocycles. The van der Waals surface area contributed by atoms with Gasteiger partial charge in [0.2, 0.25) is 5.91 Å². The highest BCUT2D eigenvalue weighted by molar-refractivity contribution is 14.0. The number of carbonyl (C=O) groups is 1. The van der Waals surface area contributed by atoms with Crippen LogP contribution < -0.4 is 15.4 Å². The molecule has 0 atom stereocenters. The number of benzene rings is 2. The monoisotopic (exact) mass is 496 g/mol. The number of guanidine groups is 1. The normalized spacial score (nSPS) is 10.6. The van der Waals surface area contributed by atoms with Gasteiger partial charge < -0.3 is 20.3 Å². The predicted octanol–water partition coefficient (Wildman–Crippen LogP) is 3.03. The number of aliphatic imine (C=N–C) groups is 1. The van der Waals surface area contributed by atoms with E-state index in [0.29, 0.717) is 19.1 Å². The van der Waals surface area contributed by atoms with E-state index in [-0.39, 0.29) is 36.4 Å². The smallest absolute Gasteiger partial charge is 0.241 e. The topological polar surface area (TPSA) is 66.0 Å². The Bertz CT molecular complexity index is 751. The van der Waals surface area contributed by atoms with Crippen molar-refractivity contribution < 1.29 is 9.53 Å². The summed E-state index contributed by atoms with van der Waals surface area (Å²) in [5.41, 5.74) is 2.18. The van der Waals surface area contributed by atoms with Crippen molar-refractivity contribution in [2.45, 2.75) is 20.1 Å². The SMILES string of the molecule is CCNC(=NCc1ccccc1COc1ccccc1)NCC(=O)N(C)C.I. The summed E-state index contributed by atoms with van der Waals surface area (Å²) in [7, 11) is 3.47. The van der Waals surface area contributed by atoms with Gasteiger partial charge in [-0.05, 0) is 30.2 Å². The summed E-state index contributed by atoms with van der Waals surface area (Å²) in [4.78, 5) is 17.9. The molecule has 0 unspecified atom stereocenters. The molecule has 0 aromatic heterocycles. The molecule has 6 nitrogen and oxygen atoms in total. The predicted molar refractivity (Wildman–Crippen MR) is 124 cm³/mol. The minimum atomic E-state index is -0.00253. The Morgan fingerprint density at radius 2 is 1.64 bits per heavy atom. The first-order chi connectivity index (χ1) is 13.1. The molecule has 0 aliphatic rings. The maximum atomic E-state index is 11.8. The number of hydrogen-bond donors (Lipinski definition) is 2. The molecule has 7 heteroatoms. The lowest BCUT2D eigenvalue weighted by Gasteiger charge is -2.15. The highest BCUT2D eigenvalue weighted by Crippen LogP contribution is 2.15. The van der Waals surface area contributed by atoms with Crippen LogP contribution in [0.4, 0.5) is 0 Å². The van der Waals surface area contributed by atoms with Gasteiger partial charge in [-0.25, -0.2) is 4.99 Å². The Hall–Kier alpha value is -2.29. The molecule has 0 aliphatic carbocycles. The van der Waals surface area contributed by atoms with Crippen molar-refractivity contribution in [2.75, 3.05) is 27.2 Å². The first-order valence-corrected chi connectivity index (χ1v) is 9.07. The van der Waals surface area contributed by atoms with Crippen molar-refractivity contribution in [1.82, 2.24) is 15.5 Å². The van der Waals surface area contributed by atoms with Crippen molar-refractivity contribution in [2.24, 2.45) is 4.99 Å². The molecule has 0 spiro atoms. The molecule has 28 heavy (non-hydrogen) atoms. The van der Waals surface area contributed by atoms with Gasteiger partial charge in [0.05, 0.1) is 13.1 Å². The third-order valence-electron chi connectivity index (χ3n) is 3.91. The standard InChI is InChI=1S/C21H28N4O2.HI/c1-4-22-21(24-15-20(26)25(2)3)23-14-17-10-8-9-11-18(17)16-27-19-12-6-5-7-13-19;/h5-13H,4,14-16H2,1-3H3,(H2,22,23,24);1H. The van der Waals surface area contributed by atoms with Crippen molar-refractivity contribution in [3.8, 4) is 5.75 Å². The van der Waals surface area contributed by atoms with Gasteiger partial charge in [0.25, 0.3) is 0 Å². The largest absolute Gasteiger partial charge is 0.489 e. The molecule has 2 N–H and O–H groups in total. The Labute approximate surface area is 184 Å². The fraction of sp³-hybridized carbons (Fsp3) is 0.333. The van der Waals surface area contributed by atoms with Crippen LogP contribution in [-0.2, 0) is 17.9 Å². The van der Waals surface area contributed by atoms with Crippen LogP contribution in [0.5, 0.6) is 5.75 Å². The lowest BCUT2D eigenvalue weighted by Crippen LogP contribution is -2.42. The number of ether oxygens (including phenoxy) is 1. The summed E-state index contributed by atoms with van der Waals surface area (Å²) in [5.74, 6) is 1.46. The minimum Gasteiger partial charge on any atom is -0.489 e. The third kappa shape index (κ3) is 8.16. The molecule has 2 aromatic rings. The second-order valence-corrected chi connectivity index (χ2v) is 6.21. The van der Waals surface area contributed by atoms with E-state index >= 15 is 0 Å². The number of nitrogens with zero attached hydrogens (tertiary/aromatic N) is 2. The summed E-state index contributed by atoms with van der Waals surface area (Å²) >= 11 is 0. The van der Waals surface area contributed by atoms with Gasteiger partial charge >= 0.3 is 0 Å². The highest BCUT2D eigenvalue weighted by Gasteiger charge is 2.07. The molecule has 1 amide bonds. The van der Waals surface area contributed by atoms with E-state index in [0.717, 1.165) is 23.4 Å². The highest BCUT2D eigenvalue weighted by atomic mass is 127. The van der Waals surface area contributed by atoms with Crippen LogP contribution in [-0.4, -0.2) is 44.0 Å². The fourth-order valence-electron chi connectivity index (χ4n) is 2.35. The van der Waals surface area contributed by atoms with E-state index in [1.54, 1.807) is 19.0 Å². The average molecular weight is 496 g/mol. The van der Waals surface area contributed by atoms with E-state index in [2.05, 4.69) is 15.6 Å². The number of amides is 1.